The van der Waals surface area contributed by atoms with Gasteiger partial charge in [0.1, 0.15) is 9.84 Å². The van der Waals surface area contributed by atoms with Crippen molar-refractivity contribution >= 4 is 15.8 Å². The summed E-state index contributed by atoms with van der Waals surface area (Å²) in [5, 5.41) is 9.12. The van der Waals surface area contributed by atoms with Crippen LogP contribution in [0, 0.1) is 17.8 Å². The molecule has 4 nitrogen and oxygen atoms in total. The van der Waals surface area contributed by atoms with Crippen molar-refractivity contribution in [2.45, 2.75) is 25.7 Å². The summed E-state index contributed by atoms with van der Waals surface area (Å²) >= 11 is 0. The Balaban J connectivity index is 2.01. The molecule has 1 heterocycles. The molecule has 0 amide bonds. The van der Waals surface area contributed by atoms with Crippen molar-refractivity contribution in [3.8, 4) is 0 Å². The molecule has 0 radical (unpaired) electrons. The van der Waals surface area contributed by atoms with E-state index in [9.17, 15) is 13.2 Å². The Morgan fingerprint density at radius 2 is 1.53 bits per heavy atom. The molecule has 0 spiro atoms. The van der Waals surface area contributed by atoms with E-state index in [1.807, 2.05) is 0 Å². The number of carboxylic acids is 1. The summed E-state index contributed by atoms with van der Waals surface area (Å²) in [6.45, 7) is 0. The number of hydrogen-bond donors (Lipinski definition) is 1. The Hall–Kier alpha value is -0.580. The quantitative estimate of drug-likeness (QED) is 0.785. The molecule has 2 rings (SSSR count). The largest absolute Gasteiger partial charge is 0.481 e. The second kappa shape index (κ2) is 3.77. The molecule has 0 aromatic rings. The average Bonchev–Trinajstić information content (AvgIpc) is 2.92. The van der Waals surface area contributed by atoms with E-state index in [2.05, 4.69) is 0 Å². The number of aliphatic carboxylic acids is 1. The molecule has 86 valence electrons. The normalized spacial score (nSPS) is 28.5. The van der Waals surface area contributed by atoms with E-state index in [4.69, 9.17) is 5.11 Å². The molecule has 15 heavy (non-hydrogen) atoms. The van der Waals surface area contributed by atoms with Crippen LogP contribution in [0.25, 0.3) is 0 Å². The minimum atomic E-state index is -2.87. The highest BCUT2D eigenvalue weighted by molar-refractivity contribution is 7.91. The first-order valence-electron chi connectivity index (χ1n) is 5.43. The van der Waals surface area contributed by atoms with Gasteiger partial charge in [-0.25, -0.2) is 8.42 Å². The lowest BCUT2D eigenvalue weighted by molar-refractivity contribution is -0.144. The predicted octanol–water partition coefficient (Wildman–Crippen LogP) is 0.922. The second-order valence-corrected chi connectivity index (χ2v) is 6.99. The van der Waals surface area contributed by atoms with Gasteiger partial charge in [0, 0.05) is 0 Å². The van der Waals surface area contributed by atoms with Crippen LogP contribution in [-0.2, 0) is 14.6 Å². The fraction of sp³-hybridized carbons (Fsp3) is 0.900. The van der Waals surface area contributed by atoms with Gasteiger partial charge in [0.2, 0.25) is 0 Å². The van der Waals surface area contributed by atoms with Crippen LogP contribution >= 0.6 is 0 Å². The van der Waals surface area contributed by atoms with Gasteiger partial charge in [-0.2, -0.15) is 0 Å². The Morgan fingerprint density at radius 1 is 1.07 bits per heavy atom. The highest BCUT2D eigenvalue weighted by Crippen LogP contribution is 2.43. The summed E-state index contributed by atoms with van der Waals surface area (Å²) < 4.78 is 22.5. The van der Waals surface area contributed by atoms with E-state index in [1.165, 1.54) is 0 Å². The molecule has 5 heteroatoms. The maximum atomic E-state index is 11.2. The Morgan fingerprint density at radius 3 is 1.93 bits per heavy atom. The number of carbonyl (C=O) groups is 1. The zero-order valence-corrected chi connectivity index (χ0v) is 9.37. The summed E-state index contributed by atoms with van der Waals surface area (Å²) in [5.41, 5.74) is 0. The van der Waals surface area contributed by atoms with Crippen LogP contribution in [0.5, 0.6) is 0 Å². The van der Waals surface area contributed by atoms with Gasteiger partial charge >= 0.3 is 5.97 Å². The van der Waals surface area contributed by atoms with E-state index in [0.29, 0.717) is 18.8 Å². The third kappa shape index (κ3) is 2.51. The van der Waals surface area contributed by atoms with Gasteiger partial charge in [-0.15, -0.1) is 0 Å². The average molecular weight is 232 g/mol. The van der Waals surface area contributed by atoms with E-state index in [1.54, 1.807) is 0 Å². The number of carboxylic acid groups (broad SMARTS) is 1. The van der Waals surface area contributed by atoms with Crippen LogP contribution in [0.3, 0.4) is 0 Å². The molecule has 2 aliphatic rings. The van der Waals surface area contributed by atoms with Crippen LogP contribution in [0.15, 0.2) is 0 Å². The third-order valence-electron chi connectivity index (χ3n) is 3.52. The first-order chi connectivity index (χ1) is 6.99. The van der Waals surface area contributed by atoms with Gasteiger partial charge < -0.3 is 5.11 Å². The summed E-state index contributed by atoms with van der Waals surface area (Å²) in [5.74, 6) is -0.281. The van der Waals surface area contributed by atoms with Gasteiger partial charge in [0.15, 0.2) is 0 Å². The minimum Gasteiger partial charge on any atom is -0.481 e. The van der Waals surface area contributed by atoms with Crippen molar-refractivity contribution in [3.63, 3.8) is 0 Å². The summed E-state index contributed by atoms with van der Waals surface area (Å²) in [6.07, 6.45) is 3.08. The zero-order chi connectivity index (χ0) is 11.1. The molecule has 1 saturated heterocycles. The predicted molar refractivity (Wildman–Crippen MR) is 55.2 cm³/mol. The molecule has 0 bridgehead atoms. The molecule has 2 fully saturated rings. The van der Waals surface area contributed by atoms with E-state index >= 15 is 0 Å². The summed E-state index contributed by atoms with van der Waals surface area (Å²) in [6, 6.07) is 0. The molecule has 0 aromatic heterocycles. The summed E-state index contributed by atoms with van der Waals surface area (Å²) in [4.78, 5) is 11.1. The van der Waals surface area contributed by atoms with Crippen LogP contribution < -0.4 is 0 Å². The van der Waals surface area contributed by atoms with Crippen molar-refractivity contribution in [1.82, 2.24) is 0 Å². The maximum Gasteiger partial charge on any atom is 0.307 e. The first kappa shape index (κ1) is 10.9. The van der Waals surface area contributed by atoms with Crippen molar-refractivity contribution in [1.29, 1.82) is 0 Å². The topological polar surface area (TPSA) is 71.4 Å². The fourth-order valence-electron chi connectivity index (χ4n) is 2.51. The van der Waals surface area contributed by atoms with Gasteiger partial charge in [0.25, 0.3) is 0 Å². The van der Waals surface area contributed by atoms with E-state index < -0.39 is 15.8 Å². The minimum absolute atomic E-state index is 0.0820. The Bertz CT molecular complexity index is 342. The molecular formula is C10H16O4S. The molecule has 1 saturated carbocycles. The Labute approximate surface area is 89.6 Å². The monoisotopic (exact) mass is 232 g/mol. The molecule has 1 N–H and O–H groups in total. The van der Waals surface area contributed by atoms with Gasteiger partial charge in [-0.3, -0.25) is 4.79 Å². The van der Waals surface area contributed by atoms with Crippen molar-refractivity contribution < 1.29 is 18.3 Å². The summed E-state index contributed by atoms with van der Waals surface area (Å²) in [7, 11) is -2.87. The van der Waals surface area contributed by atoms with Crippen LogP contribution in [0.1, 0.15) is 25.7 Å². The van der Waals surface area contributed by atoms with Gasteiger partial charge in [0.05, 0.1) is 17.4 Å². The lowest BCUT2D eigenvalue weighted by Gasteiger charge is -2.27. The van der Waals surface area contributed by atoms with Gasteiger partial charge in [-0.05, 0) is 37.5 Å². The van der Waals surface area contributed by atoms with Crippen LogP contribution in [0.2, 0.25) is 0 Å². The highest BCUT2D eigenvalue weighted by atomic mass is 32.2. The van der Waals surface area contributed by atoms with E-state index in [0.717, 1.165) is 12.8 Å². The molecule has 1 aliphatic heterocycles. The number of sulfone groups is 1. The smallest absolute Gasteiger partial charge is 0.307 e. The number of hydrogen-bond acceptors (Lipinski definition) is 3. The van der Waals surface area contributed by atoms with Crippen molar-refractivity contribution in [2.24, 2.45) is 17.8 Å². The molecule has 1 unspecified atom stereocenters. The van der Waals surface area contributed by atoms with E-state index in [-0.39, 0.29) is 23.3 Å². The Kier molecular flexibility index (Phi) is 2.75. The second-order valence-electron chi connectivity index (χ2n) is 4.69. The molecular weight excluding hydrogens is 216 g/mol. The first-order valence-corrected chi connectivity index (χ1v) is 7.25. The molecule has 1 atom stereocenters. The lowest BCUT2D eigenvalue weighted by atomic mass is 9.84. The number of rotatable bonds is 3. The maximum absolute atomic E-state index is 11.2. The third-order valence-corrected chi connectivity index (χ3v) is 5.24. The fourth-order valence-corrected chi connectivity index (χ4v) is 4.04. The van der Waals surface area contributed by atoms with Crippen molar-refractivity contribution in [2.75, 3.05) is 11.5 Å². The standard InChI is InChI=1S/C10H16O4S/c11-10(12)9(7-1-2-7)8-3-5-15(13,14)6-4-8/h7-9H,1-6H2,(H,11,12). The van der Waals surface area contributed by atoms with Gasteiger partial charge in [-0.1, -0.05) is 0 Å². The van der Waals surface area contributed by atoms with Crippen LogP contribution in [-0.4, -0.2) is 31.0 Å². The van der Waals surface area contributed by atoms with Crippen LogP contribution in [0.4, 0.5) is 0 Å². The van der Waals surface area contributed by atoms with Crippen molar-refractivity contribution in [3.05, 3.63) is 0 Å². The highest BCUT2D eigenvalue weighted by Gasteiger charge is 2.42. The zero-order valence-electron chi connectivity index (χ0n) is 8.55. The lowest BCUT2D eigenvalue weighted by Crippen LogP contribution is -2.33. The SMILES string of the molecule is O=C(O)C(C1CC1)C1CCS(=O)(=O)CC1. The molecule has 1 aliphatic carbocycles. The molecule has 0 aromatic carbocycles.